The highest BCUT2D eigenvalue weighted by Crippen LogP contribution is 2.69. The van der Waals surface area contributed by atoms with Crippen molar-refractivity contribution in [3.8, 4) is 11.5 Å². The number of H-pyrrole nitrogens is 1. The van der Waals surface area contributed by atoms with Crippen LogP contribution in [0.1, 0.15) is 28.3 Å². The first-order valence-electron chi connectivity index (χ1n) is 15.4. The second kappa shape index (κ2) is 11.7. The third-order valence-electron chi connectivity index (χ3n) is 10.0. The lowest BCUT2D eigenvalue weighted by Gasteiger charge is -2.43. The van der Waals surface area contributed by atoms with Gasteiger partial charge in [-0.1, -0.05) is 39.4 Å². The van der Waals surface area contributed by atoms with Gasteiger partial charge in [-0.25, -0.2) is 0 Å². The number of rotatable bonds is 7. The van der Waals surface area contributed by atoms with Gasteiger partial charge >= 0.3 is 4.87 Å². The third-order valence-corrected chi connectivity index (χ3v) is 13.1. The molecule has 9 nitrogen and oxygen atoms in total. The molecule has 3 aromatic carbocycles. The fraction of sp³-hybridized carbons (Fsp3) is 0.314. The number of ether oxygens (including phenoxy) is 2. The lowest BCUT2D eigenvalue weighted by Crippen LogP contribution is -2.42. The molecule has 4 aliphatic rings. The van der Waals surface area contributed by atoms with Gasteiger partial charge in [0.15, 0.2) is 6.61 Å². The summed E-state index contributed by atoms with van der Waals surface area (Å²) >= 11 is 6.46. The van der Waals surface area contributed by atoms with E-state index in [0.717, 1.165) is 31.9 Å². The fourth-order valence-electron chi connectivity index (χ4n) is 8.31. The van der Waals surface area contributed by atoms with Crippen molar-refractivity contribution in [1.82, 2.24) is 4.98 Å². The summed E-state index contributed by atoms with van der Waals surface area (Å²) < 4.78 is 12.3. The molecule has 2 bridgehead atoms. The second-order valence-corrected chi connectivity index (χ2v) is 15.7. The van der Waals surface area contributed by atoms with Gasteiger partial charge in [0.25, 0.3) is 5.91 Å². The number of nitrogens with one attached hydrogen (secondary N) is 2. The summed E-state index contributed by atoms with van der Waals surface area (Å²) in [6, 6.07) is 20.3. The molecule has 3 fully saturated rings. The van der Waals surface area contributed by atoms with Crippen molar-refractivity contribution in [2.45, 2.75) is 29.5 Å². The number of hydrogen-bond donors (Lipinski definition) is 2. The Balaban J connectivity index is 1.13. The summed E-state index contributed by atoms with van der Waals surface area (Å²) in [4.78, 5) is 59.0. The molecule has 0 spiro atoms. The molecule has 3 amide bonds. The number of methoxy groups -OCH3 is 1. The van der Waals surface area contributed by atoms with Crippen LogP contribution in [-0.4, -0.2) is 41.7 Å². The Morgan fingerprint density at radius 2 is 1.79 bits per heavy atom. The van der Waals surface area contributed by atoms with Gasteiger partial charge in [-0.05, 0) is 91.3 Å². The number of anilines is 2. The zero-order valence-electron chi connectivity index (χ0n) is 25.4. The molecular weight excluding hydrogens is 702 g/mol. The average molecular weight is 733 g/mol. The summed E-state index contributed by atoms with van der Waals surface area (Å²) in [5, 5.41) is 3.73. The molecule has 0 radical (unpaired) electrons. The van der Waals surface area contributed by atoms with Crippen molar-refractivity contribution in [1.29, 1.82) is 0 Å². The molecule has 12 heteroatoms. The molecule has 2 saturated carbocycles. The maximum atomic E-state index is 14.1. The Labute approximate surface area is 287 Å². The highest BCUT2D eigenvalue weighted by atomic mass is 79.9. The van der Waals surface area contributed by atoms with Gasteiger partial charge in [0.1, 0.15) is 11.5 Å². The number of hydrogen-bond acceptors (Lipinski definition) is 8. The number of thioether (sulfide) groups is 1. The van der Waals surface area contributed by atoms with Crippen LogP contribution in [0.15, 0.2) is 81.0 Å². The van der Waals surface area contributed by atoms with E-state index < -0.39 is 11.8 Å². The first-order valence-corrected chi connectivity index (χ1v) is 17.9. The molecule has 240 valence electrons. The molecule has 7 atom stereocenters. The zero-order valence-corrected chi connectivity index (χ0v) is 28.6. The highest BCUT2D eigenvalue weighted by Gasteiger charge is 2.69. The molecule has 47 heavy (non-hydrogen) atoms. The maximum Gasteiger partial charge on any atom is 0.305 e. The van der Waals surface area contributed by atoms with E-state index in [1.807, 2.05) is 49.4 Å². The van der Waals surface area contributed by atoms with E-state index in [2.05, 4.69) is 26.2 Å². The number of amides is 3. The maximum absolute atomic E-state index is 14.1. The van der Waals surface area contributed by atoms with Crippen molar-refractivity contribution >= 4 is 68.1 Å². The van der Waals surface area contributed by atoms with Crippen molar-refractivity contribution in [3.05, 3.63) is 96.9 Å². The van der Waals surface area contributed by atoms with Crippen LogP contribution in [0.2, 0.25) is 0 Å². The van der Waals surface area contributed by atoms with E-state index in [0.29, 0.717) is 22.9 Å². The first-order chi connectivity index (χ1) is 22.7. The van der Waals surface area contributed by atoms with Crippen LogP contribution >= 0.6 is 39.0 Å². The second-order valence-electron chi connectivity index (χ2n) is 12.6. The van der Waals surface area contributed by atoms with Gasteiger partial charge in [0.05, 0.1) is 29.7 Å². The monoisotopic (exact) mass is 731 g/mol. The smallest absolute Gasteiger partial charge is 0.305 e. The Hall–Kier alpha value is -3.87. The number of nitrogens with zero attached hydrogens (tertiary/aromatic N) is 1. The van der Waals surface area contributed by atoms with Crippen molar-refractivity contribution < 1.29 is 23.9 Å². The molecule has 4 aromatic rings. The van der Waals surface area contributed by atoms with Crippen LogP contribution in [0.3, 0.4) is 0 Å². The van der Waals surface area contributed by atoms with Gasteiger partial charge < -0.3 is 19.8 Å². The number of benzene rings is 3. The average Bonchev–Trinajstić information content (AvgIpc) is 3.79. The van der Waals surface area contributed by atoms with Crippen molar-refractivity contribution in [3.63, 3.8) is 0 Å². The van der Waals surface area contributed by atoms with Gasteiger partial charge in [-0.15, -0.1) is 11.8 Å². The number of aryl methyl sites for hydroxylation is 1. The topological polar surface area (TPSA) is 118 Å². The fourth-order valence-corrected chi connectivity index (χ4v) is 11.6. The number of aromatic nitrogens is 1. The molecule has 1 saturated heterocycles. The van der Waals surface area contributed by atoms with E-state index in [1.54, 1.807) is 43.1 Å². The Kier molecular flexibility index (Phi) is 7.57. The molecular formula is C35H30BrN3O6S2. The summed E-state index contributed by atoms with van der Waals surface area (Å²) in [6.07, 6.45) is 0.768. The molecule has 2 aliphatic carbocycles. The number of imide groups is 1. The summed E-state index contributed by atoms with van der Waals surface area (Å²) in [6.45, 7) is 1.76. The molecule has 2 aliphatic heterocycles. The van der Waals surface area contributed by atoms with Crippen LogP contribution in [0.5, 0.6) is 11.5 Å². The Bertz CT molecular complexity index is 1990. The van der Waals surface area contributed by atoms with Crippen LogP contribution in [-0.2, 0) is 14.4 Å². The predicted octanol–water partition coefficient (Wildman–Crippen LogP) is 6.21. The number of carbonyl (C=O) groups is 3. The van der Waals surface area contributed by atoms with E-state index in [4.69, 9.17) is 9.47 Å². The minimum atomic E-state index is -0.437. The SMILES string of the molecule is COc1ccc(N2C(=O)C3C4CC(C3C2=O)C2C4Sc3[nH]c(=O)sc3[C@@H]2c2cc(Br)ccc2OCC(=O)Nc2cccc(C)c2)cc1. The number of thiazole rings is 1. The van der Waals surface area contributed by atoms with E-state index >= 15 is 0 Å². The predicted molar refractivity (Wildman–Crippen MR) is 183 cm³/mol. The zero-order chi connectivity index (χ0) is 32.6. The van der Waals surface area contributed by atoms with Gasteiger partial charge in [0, 0.05) is 31.8 Å². The van der Waals surface area contributed by atoms with Crippen LogP contribution in [0, 0.1) is 36.5 Å². The van der Waals surface area contributed by atoms with Gasteiger partial charge in [0.2, 0.25) is 11.8 Å². The van der Waals surface area contributed by atoms with Crippen LogP contribution < -0.4 is 24.6 Å². The van der Waals surface area contributed by atoms with Crippen molar-refractivity contribution in [2.24, 2.45) is 29.6 Å². The molecule has 8 rings (SSSR count). The highest BCUT2D eigenvalue weighted by molar-refractivity contribution is 9.10. The van der Waals surface area contributed by atoms with Gasteiger partial charge in [-0.3, -0.25) is 24.1 Å². The normalized spacial score (nSPS) is 27.0. The van der Waals surface area contributed by atoms with E-state index in [1.165, 1.54) is 16.2 Å². The van der Waals surface area contributed by atoms with Crippen LogP contribution in [0.4, 0.5) is 11.4 Å². The summed E-state index contributed by atoms with van der Waals surface area (Å²) in [7, 11) is 1.58. The lowest BCUT2D eigenvalue weighted by atomic mass is 9.68. The van der Waals surface area contributed by atoms with Crippen LogP contribution in [0.25, 0.3) is 0 Å². The van der Waals surface area contributed by atoms with E-state index in [9.17, 15) is 19.2 Å². The molecule has 1 aromatic heterocycles. The van der Waals surface area contributed by atoms with Gasteiger partial charge in [-0.2, -0.15) is 0 Å². The molecule has 6 unspecified atom stereocenters. The first kappa shape index (κ1) is 30.5. The van der Waals surface area contributed by atoms with Crippen molar-refractivity contribution in [2.75, 3.05) is 23.9 Å². The van der Waals surface area contributed by atoms with E-state index in [-0.39, 0.29) is 58.1 Å². The summed E-state index contributed by atoms with van der Waals surface area (Å²) in [5.74, 6) is -0.602. The minimum Gasteiger partial charge on any atom is -0.497 e. The Morgan fingerprint density at radius 3 is 2.53 bits per heavy atom. The number of halogens is 1. The number of aromatic amines is 1. The number of fused-ring (bicyclic) bond motifs is 9. The quantitative estimate of drug-likeness (QED) is 0.217. The lowest BCUT2D eigenvalue weighted by molar-refractivity contribution is -0.123. The number of carbonyl (C=O) groups excluding carboxylic acids is 3. The third kappa shape index (κ3) is 5.03. The Morgan fingerprint density at radius 1 is 1.02 bits per heavy atom. The molecule has 2 N–H and O–H groups in total. The molecule has 3 heterocycles. The largest absolute Gasteiger partial charge is 0.497 e. The standard InChI is InChI=1S/C35H30BrN3O6S2/c1-16-4-3-5-18(12-16)37-25(40)15-45-24-11-6-17(36)13-21(24)26-27-22-14-23(30(27)46-32-31(26)47-35(43)38-32)29-28(22)33(41)39(34(29)42)19-7-9-20(44-2)10-8-19/h3-13,22-23,26-30H,14-15H2,1-2H3,(H,37,40)(H,38,43)/t22?,23?,26-,27?,28?,29?,30?/m1/s1. The minimum absolute atomic E-state index is 0.0180. The summed E-state index contributed by atoms with van der Waals surface area (Å²) in [5.41, 5.74) is 3.13.